The number of nitrogens with one attached hydrogen (secondary N) is 4. The zero-order chi connectivity index (χ0) is 31.6. The summed E-state index contributed by atoms with van der Waals surface area (Å²) in [4.78, 5) is 36.7. The van der Waals surface area contributed by atoms with Crippen molar-refractivity contribution in [2.24, 2.45) is 5.73 Å². The number of hydrogen-bond acceptors (Lipinski definition) is 13. The lowest BCUT2D eigenvalue weighted by Gasteiger charge is -2.20. The SMILES string of the molecule is C[C@@H](OC(=O)c1cccc(O)c1O)[C@H](N)C(=O)CNCCCNCCCCNCCCNCC(=O)c1cccc(O)c1O. The van der Waals surface area contributed by atoms with Crippen LogP contribution >= 0.6 is 0 Å². The third kappa shape index (κ3) is 12.6. The molecule has 2 atom stereocenters. The Kier molecular flexibility index (Phi) is 16.0. The van der Waals surface area contributed by atoms with Crippen molar-refractivity contribution in [3.8, 4) is 23.0 Å². The Morgan fingerprint density at radius 1 is 0.698 bits per heavy atom. The van der Waals surface area contributed by atoms with Crippen LogP contribution in [0.4, 0.5) is 0 Å². The predicted molar refractivity (Wildman–Crippen MR) is 162 cm³/mol. The fourth-order valence-corrected chi connectivity index (χ4v) is 4.07. The van der Waals surface area contributed by atoms with Crippen LogP contribution in [0.5, 0.6) is 23.0 Å². The molecule has 0 unspecified atom stereocenters. The maximum atomic E-state index is 12.3. The van der Waals surface area contributed by atoms with Crippen molar-refractivity contribution in [2.75, 3.05) is 52.4 Å². The first-order valence-corrected chi connectivity index (χ1v) is 14.5. The number of carbonyl (C=O) groups excluding carboxylic acids is 3. The van der Waals surface area contributed by atoms with Gasteiger partial charge in [0.15, 0.2) is 34.6 Å². The van der Waals surface area contributed by atoms with Crippen LogP contribution in [0.2, 0.25) is 0 Å². The molecule has 0 saturated carbocycles. The van der Waals surface area contributed by atoms with Gasteiger partial charge < -0.3 is 52.2 Å². The quantitative estimate of drug-likeness (QED) is 0.0394. The van der Waals surface area contributed by atoms with E-state index in [-0.39, 0.29) is 47.3 Å². The molecular weight excluding hydrogens is 558 g/mol. The minimum Gasteiger partial charge on any atom is -0.504 e. The summed E-state index contributed by atoms with van der Waals surface area (Å²) in [5.74, 6) is -3.19. The Bertz CT molecular complexity index is 1180. The first kappa shape index (κ1) is 35.4. The van der Waals surface area contributed by atoms with Gasteiger partial charge in [0.1, 0.15) is 17.7 Å². The highest BCUT2D eigenvalue weighted by molar-refractivity contribution is 6.00. The zero-order valence-electron chi connectivity index (χ0n) is 24.6. The van der Waals surface area contributed by atoms with E-state index < -0.39 is 29.6 Å². The van der Waals surface area contributed by atoms with E-state index in [9.17, 15) is 34.8 Å². The second kappa shape index (κ2) is 19.4. The minimum atomic E-state index is -1.03. The third-order valence-electron chi connectivity index (χ3n) is 6.68. The van der Waals surface area contributed by atoms with E-state index in [0.29, 0.717) is 13.1 Å². The Hall–Kier alpha value is -3.75. The number of carbonyl (C=O) groups is 3. The number of ether oxygens (including phenoxy) is 1. The summed E-state index contributed by atoms with van der Waals surface area (Å²) in [5.41, 5.74) is 5.83. The van der Waals surface area contributed by atoms with Gasteiger partial charge in [-0.15, -0.1) is 0 Å². The van der Waals surface area contributed by atoms with Gasteiger partial charge in [0.25, 0.3) is 0 Å². The number of para-hydroxylation sites is 2. The predicted octanol–water partition coefficient (Wildman–Crippen LogP) is 0.752. The van der Waals surface area contributed by atoms with Crippen molar-refractivity contribution in [2.45, 2.75) is 44.8 Å². The number of hydrogen-bond donors (Lipinski definition) is 9. The van der Waals surface area contributed by atoms with E-state index in [4.69, 9.17) is 10.5 Å². The van der Waals surface area contributed by atoms with E-state index in [1.54, 1.807) is 0 Å². The van der Waals surface area contributed by atoms with E-state index >= 15 is 0 Å². The highest BCUT2D eigenvalue weighted by Gasteiger charge is 2.25. The molecule has 0 bridgehead atoms. The van der Waals surface area contributed by atoms with Gasteiger partial charge in [-0.3, -0.25) is 9.59 Å². The number of rotatable bonds is 22. The molecular formula is C30H45N5O8. The average molecular weight is 604 g/mol. The van der Waals surface area contributed by atoms with Gasteiger partial charge in [-0.05, 0) is 96.1 Å². The number of esters is 1. The van der Waals surface area contributed by atoms with Gasteiger partial charge in [0.05, 0.1) is 18.7 Å². The lowest BCUT2D eigenvalue weighted by Crippen LogP contribution is -2.46. The molecule has 0 fully saturated rings. The second-order valence-electron chi connectivity index (χ2n) is 10.1. The Morgan fingerprint density at radius 3 is 1.74 bits per heavy atom. The van der Waals surface area contributed by atoms with Crippen LogP contribution in [0, 0.1) is 0 Å². The van der Waals surface area contributed by atoms with E-state index in [1.807, 2.05) is 0 Å². The van der Waals surface area contributed by atoms with E-state index in [0.717, 1.165) is 51.9 Å². The van der Waals surface area contributed by atoms with Crippen molar-refractivity contribution in [1.82, 2.24) is 21.3 Å². The fourth-order valence-electron chi connectivity index (χ4n) is 4.07. The molecule has 2 aromatic rings. The summed E-state index contributed by atoms with van der Waals surface area (Å²) in [6, 6.07) is 7.22. The molecule has 2 rings (SSSR count). The normalized spacial score (nSPS) is 12.5. The first-order valence-electron chi connectivity index (χ1n) is 14.5. The maximum absolute atomic E-state index is 12.3. The number of phenols is 4. The molecule has 238 valence electrons. The van der Waals surface area contributed by atoms with Crippen LogP contribution in [0.1, 0.15) is 53.3 Å². The summed E-state index contributed by atoms with van der Waals surface area (Å²) < 4.78 is 5.19. The van der Waals surface area contributed by atoms with Gasteiger partial charge in [0.2, 0.25) is 0 Å². The smallest absolute Gasteiger partial charge is 0.342 e. The van der Waals surface area contributed by atoms with Crippen LogP contribution in [-0.2, 0) is 9.53 Å². The summed E-state index contributed by atoms with van der Waals surface area (Å²) in [6.07, 6.45) is 2.80. The zero-order valence-corrected chi connectivity index (χ0v) is 24.6. The molecule has 0 aliphatic carbocycles. The number of benzene rings is 2. The van der Waals surface area contributed by atoms with Crippen molar-refractivity contribution in [3.05, 3.63) is 47.5 Å². The number of Topliss-reactive ketones (excluding diaryl/α,β-unsaturated/α-hetero) is 2. The maximum Gasteiger partial charge on any atom is 0.342 e. The van der Waals surface area contributed by atoms with Crippen molar-refractivity contribution in [1.29, 1.82) is 0 Å². The fraction of sp³-hybridized carbons (Fsp3) is 0.500. The van der Waals surface area contributed by atoms with E-state index in [1.165, 1.54) is 43.3 Å². The molecule has 0 aromatic heterocycles. The second-order valence-corrected chi connectivity index (χ2v) is 10.1. The lowest BCUT2D eigenvalue weighted by molar-refractivity contribution is -0.121. The topological polar surface area (TPSA) is 215 Å². The molecule has 13 heteroatoms. The molecule has 2 aromatic carbocycles. The molecule has 0 amide bonds. The number of nitrogens with two attached hydrogens (primary N) is 1. The average Bonchev–Trinajstić information content (AvgIpc) is 2.98. The summed E-state index contributed by atoms with van der Waals surface area (Å²) in [7, 11) is 0. The van der Waals surface area contributed by atoms with Gasteiger partial charge in [-0.25, -0.2) is 4.79 Å². The van der Waals surface area contributed by atoms with Crippen LogP contribution in [-0.4, -0.2) is 102 Å². The molecule has 13 nitrogen and oxygen atoms in total. The Morgan fingerprint density at radius 2 is 1.16 bits per heavy atom. The molecule has 0 aliphatic rings. The molecule has 10 N–H and O–H groups in total. The lowest BCUT2D eigenvalue weighted by atomic mass is 10.1. The van der Waals surface area contributed by atoms with Crippen molar-refractivity contribution in [3.63, 3.8) is 0 Å². The monoisotopic (exact) mass is 603 g/mol. The molecule has 0 radical (unpaired) electrons. The Balaban J connectivity index is 1.40. The largest absolute Gasteiger partial charge is 0.504 e. The van der Waals surface area contributed by atoms with Crippen molar-refractivity contribution >= 4 is 17.5 Å². The number of ketones is 2. The molecule has 0 spiro atoms. The first-order chi connectivity index (χ1) is 20.6. The van der Waals surface area contributed by atoms with Crippen molar-refractivity contribution < 1.29 is 39.5 Å². The molecule has 0 aliphatic heterocycles. The summed E-state index contributed by atoms with van der Waals surface area (Å²) in [5, 5.41) is 51.4. The highest BCUT2D eigenvalue weighted by atomic mass is 16.5. The minimum absolute atomic E-state index is 0.0408. The highest BCUT2D eigenvalue weighted by Crippen LogP contribution is 2.29. The van der Waals surface area contributed by atoms with Gasteiger partial charge in [-0.1, -0.05) is 12.1 Å². The molecule has 0 saturated heterocycles. The van der Waals surface area contributed by atoms with E-state index in [2.05, 4.69) is 21.3 Å². The number of phenolic OH excluding ortho intramolecular Hbond substituents is 4. The number of aromatic hydroxyl groups is 4. The van der Waals surface area contributed by atoms with Crippen LogP contribution in [0.15, 0.2) is 36.4 Å². The van der Waals surface area contributed by atoms with Gasteiger partial charge in [-0.2, -0.15) is 0 Å². The molecule has 43 heavy (non-hydrogen) atoms. The van der Waals surface area contributed by atoms with Crippen LogP contribution in [0.25, 0.3) is 0 Å². The van der Waals surface area contributed by atoms with Gasteiger partial charge >= 0.3 is 5.97 Å². The number of unbranched alkanes of at least 4 members (excludes halogenated alkanes) is 1. The standard InChI is InChI=1S/C30H45N5O8/c1-20(43-30(42)22-9-5-11-24(37)29(22)41)27(31)26(39)19-35-17-7-15-33-13-3-2-12-32-14-6-16-34-18-25(38)21-8-4-10-23(36)28(21)40/h4-5,8-11,20,27,32-37,40-41H,2-3,6-7,12-19,31H2,1H3/t20-,27+/m1/s1. The third-order valence-corrected chi connectivity index (χ3v) is 6.68. The molecule has 0 heterocycles. The van der Waals surface area contributed by atoms with Gasteiger partial charge in [0, 0.05) is 0 Å². The summed E-state index contributed by atoms with van der Waals surface area (Å²) in [6.45, 7) is 6.30. The summed E-state index contributed by atoms with van der Waals surface area (Å²) >= 11 is 0. The van der Waals surface area contributed by atoms with Crippen LogP contribution in [0.3, 0.4) is 0 Å². The Labute approximate surface area is 251 Å². The van der Waals surface area contributed by atoms with Crippen LogP contribution < -0.4 is 27.0 Å².